The predicted molar refractivity (Wildman–Crippen MR) is 251 cm³/mol. The van der Waals surface area contributed by atoms with Crippen LogP contribution in [-0.4, -0.2) is 15.0 Å². The Morgan fingerprint density at radius 2 is 0.742 bits per heavy atom. The number of aromatic nitrogens is 3. The van der Waals surface area contributed by atoms with E-state index in [1.54, 1.807) is 0 Å². The van der Waals surface area contributed by atoms with Crippen molar-refractivity contribution in [3.05, 3.63) is 235 Å². The van der Waals surface area contributed by atoms with Gasteiger partial charge in [-0.15, -0.1) is 0 Å². The Morgan fingerprint density at radius 1 is 0.290 bits per heavy atom. The highest BCUT2D eigenvalue weighted by atomic mass is 16.3. The lowest BCUT2D eigenvalue weighted by Crippen LogP contribution is -2.26. The topological polar surface area (TPSA) is 51.8 Å². The Hall–Kier alpha value is -8.21. The summed E-state index contributed by atoms with van der Waals surface area (Å²) in [6.07, 6.45) is 0. The van der Waals surface area contributed by atoms with E-state index < -0.39 is 5.41 Å². The maximum Gasteiger partial charge on any atom is 0.164 e. The maximum absolute atomic E-state index is 6.52. The maximum atomic E-state index is 6.52. The van der Waals surface area contributed by atoms with Gasteiger partial charge in [0.2, 0.25) is 0 Å². The largest absolute Gasteiger partial charge is 0.455 e. The molecule has 0 saturated carbocycles. The zero-order valence-electron chi connectivity index (χ0n) is 33.5. The Balaban J connectivity index is 0.972. The van der Waals surface area contributed by atoms with Crippen LogP contribution in [0.3, 0.4) is 0 Å². The monoisotopic (exact) mass is 789 g/mol. The first-order valence-electron chi connectivity index (χ1n) is 21.1. The minimum absolute atomic E-state index is 0.442. The molecule has 288 valence electrons. The third-order valence-electron chi connectivity index (χ3n) is 13.0. The summed E-state index contributed by atoms with van der Waals surface area (Å²) in [5.74, 6) is 1.82. The van der Waals surface area contributed by atoms with Crippen LogP contribution in [0.5, 0.6) is 0 Å². The van der Waals surface area contributed by atoms with Crippen LogP contribution >= 0.6 is 0 Å². The van der Waals surface area contributed by atoms with Gasteiger partial charge >= 0.3 is 0 Å². The number of nitrogens with zero attached hydrogens (tertiary/aromatic N) is 3. The molecule has 4 nitrogen and oxygen atoms in total. The van der Waals surface area contributed by atoms with Gasteiger partial charge in [-0.3, -0.25) is 0 Å². The minimum Gasteiger partial charge on any atom is -0.455 e. The number of para-hydroxylation sites is 2. The molecule has 2 heterocycles. The summed E-state index contributed by atoms with van der Waals surface area (Å²) in [7, 11) is 0. The summed E-state index contributed by atoms with van der Waals surface area (Å²) in [5.41, 5.74) is 18.8. The van der Waals surface area contributed by atoms with Crippen molar-refractivity contribution in [2.24, 2.45) is 0 Å². The molecule has 0 radical (unpaired) electrons. The van der Waals surface area contributed by atoms with Gasteiger partial charge in [-0.2, -0.15) is 0 Å². The van der Waals surface area contributed by atoms with Crippen molar-refractivity contribution in [1.29, 1.82) is 0 Å². The molecule has 2 aromatic heterocycles. The number of rotatable bonds is 5. The third kappa shape index (κ3) is 4.92. The SMILES string of the molecule is c1ccc(-c2nc(-c3ccc(-c4cccc5c4C4(c6ccccc6-c6ccccc64)c4ccccc4-5)cc3)nc(-c3ccccc3-c3cccc4c3oc3ccccc34)n2)cc1. The molecule has 0 aliphatic heterocycles. The molecule has 0 saturated heterocycles. The molecule has 0 atom stereocenters. The Labute approximate surface area is 358 Å². The molecule has 11 aromatic rings. The number of hydrogen-bond acceptors (Lipinski definition) is 4. The summed E-state index contributed by atoms with van der Waals surface area (Å²) >= 11 is 0. The van der Waals surface area contributed by atoms with Gasteiger partial charge in [0.15, 0.2) is 17.5 Å². The van der Waals surface area contributed by atoms with Crippen molar-refractivity contribution >= 4 is 21.9 Å². The lowest BCUT2D eigenvalue weighted by Gasteiger charge is -2.32. The molecule has 13 rings (SSSR count). The molecule has 4 heteroatoms. The molecule has 2 aliphatic carbocycles. The molecule has 0 fully saturated rings. The van der Waals surface area contributed by atoms with E-state index in [-0.39, 0.29) is 0 Å². The molecule has 1 spiro atoms. The quantitative estimate of drug-likeness (QED) is 0.174. The van der Waals surface area contributed by atoms with Crippen LogP contribution in [0.15, 0.2) is 217 Å². The lowest BCUT2D eigenvalue weighted by atomic mass is 9.68. The van der Waals surface area contributed by atoms with Crippen molar-refractivity contribution in [2.45, 2.75) is 5.41 Å². The van der Waals surface area contributed by atoms with Crippen LogP contribution in [-0.2, 0) is 5.41 Å². The van der Waals surface area contributed by atoms with Crippen LogP contribution in [0.4, 0.5) is 0 Å². The molecule has 2 aliphatic rings. The summed E-state index contributed by atoms with van der Waals surface area (Å²) < 4.78 is 6.52. The average molecular weight is 790 g/mol. The van der Waals surface area contributed by atoms with E-state index in [0.29, 0.717) is 17.5 Å². The fraction of sp³-hybridized carbons (Fsp3) is 0.0172. The molecular weight excluding hydrogens is 755 g/mol. The van der Waals surface area contributed by atoms with Gasteiger partial charge in [0.25, 0.3) is 0 Å². The third-order valence-corrected chi connectivity index (χ3v) is 13.0. The normalized spacial score (nSPS) is 13.0. The average Bonchev–Trinajstić information content (AvgIpc) is 3.99. The molecule has 62 heavy (non-hydrogen) atoms. The number of hydrogen-bond donors (Lipinski definition) is 0. The first-order chi connectivity index (χ1) is 30.8. The highest BCUT2D eigenvalue weighted by Gasteiger charge is 2.52. The first kappa shape index (κ1) is 34.6. The van der Waals surface area contributed by atoms with Crippen molar-refractivity contribution in [2.75, 3.05) is 0 Å². The first-order valence-corrected chi connectivity index (χ1v) is 21.1. The second-order valence-electron chi connectivity index (χ2n) is 16.2. The van der Waals surface area contributed by atoms with E-state index in [9.17, 15) is 0 Å². The van der Waals surface area contributed by atoms with Gasteiger partial charge in [0.1, 0.15) is 11.2 Å². The van der Waals surface area contributed by atoms with Gasteiger partial charge in [-0.25, -0.2) is 15.0 Å². The lowest BCUT2D eigenvalue weighted by molar-refractivity contribution is 0.670. The standard InChI is InChI=1S/C58H35N3O/c1-2-16-37(17-3-1)55-59-56(61-57(60-55)48-23-5-4-18-40(48)46-26-15-27-47-44-22-9-13-31-52(44)62-54(46)47)38-34-32-36(33-35-38)39-24-14-25-45-43-21-8-12-30-51(43)58(53(39)45)49-28-10-6-19-41(49)42-20-7-11-29-50(42)58/h1-35H. The second-order valence-corrected chi connectivity index (χ2v) is 16.2. The van der Waals surface area contributed by atoms with Gasteiger partial charge in [0, 0.05) is 33.0 Å². The zero-order valence-corrected chi connectivity index (χ0v) is 33.5. The second kappa shape index (κ2) is 13.4. The van der Waals surface area contributed by atoms with E-state index in [1.165, 1.54) is 50.1 Å². The predicted octanol–water partition coefficient (Wildman–Crippen LogP) is 14.4. The van der Waals surface area contributed by atoms with Crippen molar-refractivity contribution in [1.82, 2.24) is 15.0 Å². The summed E-state index contributed by atoms with van der Waals surface area (Å²) in [6, 6.07) is 75.5. The summed E-state index contributed by atoms with van der Waals surface area (Å²) in [6.45, 7) is 0. The number of benzene rings is 9. The van der Waals surface area contributed by atoms with Crippen LogP contribution in [0.2, 0.25) is 0 Å². The van der Waals surface area contributed by atoms with Gasteiger partial charge in [-0.05, 0) is 67.3 Å². The highest BCUT2D eigenvalue weighted by Crippen LogP contribution is 2.64. The molecule has 0 N–H and O–H groups in total. The molecular formula is C58H35N3O. The van der Waals surface area contributed by atoms with E-state index >= 15 is 0 Å². The number of fused-ring (bicyclic) bond motifs is 13. The molecule has 0 unspecified atom stereocenters. The molecule has 9 aromatic carbocycles. The molecule has 0 amide bonds. The van der Waals surface area contributed by atoms with Crippen LogP contribution in [0.25, 0.3) is 101 Å². The fourth-order valence-electron chi connectivity index (χ4n) is 10.4. The minimum atomic E-state index is -0.442. The molecule has 0 bridgehead atoms. The van der Waals surface area contributed by atoms with E-state index in [0.717, 1.165) is 55.3 Å². The smallest absolute Gasteiger partial charge is 0.164 e. The van der Waals surface area contributed by atoms with Crippen molar-refractivity contribution in [3.8, 4) is 78.7 Å². The fourth-order valence-corrected chi connectivity index (χ4v) is 10.4. The van der Waals surface area contributed by atoms with Gasteiger partial charge < -0.3 is 4.42 Å². The van der Waals surface area contributed by atoms with Crippen molar-refractivity contribution in [3.63, 3.8) is 0 Å². The van der Waals surface area contributed by atoms with Crippen LogP contribution in [0, 0.1) is 0 Å². The van der Waals surface area contributed by atoms with E-state index in [2.05, 4.69) is 176 Å². The van der Waals surface area contributed by atoms with Gasteiger partial charge in [-0.1, -0.05) is 206 Å². The van der Waals surface area contributed by atoms with E-state index in [1.807, 2.05) is 36.4 Å². The van der Waals surface area contributed by atoms with Gasteiger partial charge in [0.05, 0.1) is 5.41 Å². The highest BCUT2D eigenvalue weighted by molar-refractivity contribution is 6.10. The summed E-state index contributed by atoms with van der Waals surface area (Å²) in [4.78, 5) is 15.5. The Morgan fingerprint density at radius 3 is 1.44 bits per heavy atom. The van der Waals surface area contributed by atoms with Crippen LogP contribution < -0.4 is 0 Å². The Bertz CT molecular complexity index is 3520. The Kier molecular flexibility index (Phi) is 7.49. The zero-order chi connectivity index (χ0) is 40.8. The van der Waals surface area contributed by atoms with E-state index in [4.69, 9.17) is 19.4 Å². The number of furan rings is 1. The van der Waals surface area contributed by atoms with Crippen LogP contribution in [0.1, 0.15) is 22.3 Å². The van der Waals surface area contributed by atoms with Crippen molar-refractivity contribution < 1.29 is 4.42 Å². The summed E-state index contributed by atoms with van der Waals surface area (Å²) in [5, 5.41) is 2.17.